The van der Waals surface area contributed by atoms with Crippen molar-refractivity contribution in [3.63, 3.8) is 0 Å². The molecule has 1 saturated carbocycles. The number of hydrogen-bond donors (Lipinski definition) is 1. The molecule has 1 nitrogen and oxygen atoms in total. The summed E-state index contributed by atoms with van der Waals surface area (Å²) < 4.78 is 13.5. The van der Waals surface area contributed by atoms with Crippen LogP contribution in [0.5, 0.6) is 0 Å². The zero-order valence-corrected chi connectivity index (χ0v) is 11.8. The van der Waals surface area contributed by atoms with Gasteiger partial charge in [0, 0.05) is 6.04 Å². The zero-order chi connectivity index (χ0) is 13.3. The fourth-order valence-electron chi connectivity index (χ4n) is 2.95. The van der Waals surface area contributed by atoms with Gasteiger partial charge in [-0.2, -0.15) is 0 Å². The van der Waals surface area contributed by atoms with Gasteiger partial charge >= 0.3 is 0 Å². The van der Waals surface area contributed by atoms with E-state index in [0.717, 1.165) is 24.3 Å². The standard InChI is InChI=1S/C15H21ClFN/c1-9-6-7-11(8-10(9)2)15(18)12-4-3-5-13(17)14(12)16/h3-5,9-11,15H,6-8,18H2,1-2H3. The summed E-state index contributed by atoms with van der Waals surface area (Å²) in [4.78, 5) is 0. The third-order valence-electron chi connectivity index (χ3n) is 4.49. The van der Waals surface area contributed by atoms with Crippen LogP contribution >= 0.6 is 11.6 Å². The van der Waals surface area contributed by atoms with Crippen molar-refractivity contribution in [2.75, 3.05) is 0 Å². The van der Waals surface area contributed by atoms with Crippen molar-refractivity contribution in [1.82, 2.24) is 0 Å². The number of rotatable bonds is 2. The lowest BCUT2D eigenvalue weighted by atomic mass is 9.72. The Morgan fingerprint density at radius 1 is 1.28 bits per heavy atom. The average Bonchev–Trinajstić information content (AvgIpc) is 2.35. The van der Waals surface area contributed by atoms with E-state index in [4.69, 9.17) is 17.3 Å². The zero-order valence-electron chi connectivity index (χ0n) is 11.0. The van der Waals surface area contributed by atoms with Gasteiger partial charge in [-0.3, -0.25) is 0 Å². The Morgan fingerprint density at radius 2 is 2.00 bits per heavy atom. The highest BCUT2D eigenvalue weighted by Gasteiger charge is 2.30. The molecule has 4 atom stereocenters. The Balaban J connectivity index is 2.16. The van der Waals surface area contributed by atoms with Crippen LogP contribution in [0.4, 0.5) is 4.39 Å². The SMILES string of the molecule is CC1CCC(C(N)c2cccc(F)c2Cl)CC1C. The Labute approximate surface area is 114 Å². The largest absolute Gasteiger partial charge is 0.324 e. The van der Waals surface area contributed by atoms with E-state index >= 15 is 0 Å². The molecule has 0 saturated heterocycles. The molecule has 0 spiro atoms. The van der Waals surface area contributed by atoms with Crippen LogP contribution < -0.4 is 5.73 Å². The molecule has 0 aromatic heterocycles. The summed E-state index contributed by atoms with van der Waals surface area (Å²) >= 11 is 6.02. The van der Waals surface area contributed by atoms with Crippen molar-refractivity contribution in [3.05, 3.63) is 34.6 Å². The van der Waals surface area contributed by atoms with Crippen LogP contribution in [0.1, 0.15) is 44.7 Å². The molecule has 1 fully saturated rings. The van der Waals surface area contributed by atoms with Gasteiger partial charge < -0.3 is 5.73 Å². The van der Waals surface area contributed by atoms with Gasteiger partial charge in [0.2, 0.25) is 0 Å². The van der Waals surface area contributed by atoms with Crippen LogP contribution in [0.15, 0.2) is 18.2 Å². The fourth-order valence-corrected chi connectivity index (χ4v) is 3.20. The highest BCUT2D eigenvalue weighted by Crippen LogP contribution is 2.40. The maximum atomic E-state index is 13.5. The van der Waals surface area contributed by atoms with Gasteiger partial charge in [-0.25, -0.2) is 4.39 Å². The lowest BCUT2D eigenvalue weighted by Crippen LogP contribution is -2.29. The van der Waals surface area contributed by atoms with Crippen LogP contribution in [-0.4, -0.2) is 0 Å². The van der Waals surface area contributed by atoms with Crippen molar-refractivity contribution in [3.8, 4) is 0 Å². The Morgan fingerprint density at radius 3 is 2.67 bits per heavy atom. The highest BCUT2D eigenvalue weighted by atomic mass is 35.5. The molecule has 2 N–H and O–H groups in total. The Kier molecular flexibility index (Phi) is 4.29. The number of hydrogen-bond acceptors (Lipinski definition) is 1. The van der Waals surface area contributed by atoms with Crippen molar-refractivity contribution >= 4 is 11.6 Å². The van der Waals surface area contributed by atoms with Crippen molar-refractivity contribution < 1.29 is 4.39 Å². The van der Waals surface area contributed by atoms with E-state index in [1.807, 2.05) is 6.07 Å². The smallest absolute Gasteiger partial charge is 0.142 e. The van der Waals surface area contributed by atoms with Crippen LogP contribution in [0.25, 0.3) is 0 Å². The summed E-state index contributed by atoms with van der Waals surface area (Å²) in [6.07, 6.45) is 3.42. The van der Waals surface area contributed by atoms with Crippen molar-refractivity contribution in [2.45, 2.75) is 39.2 Å². The molecule has 1 aromatic rings. The molecule has 0 bridgehead atoms. The second-order valence-corrected chi connectivity index (χ2v) is 6.07. The van der Waals surface area contributed by atoms with Gasteiger partial charge in [-0.15, -0.1) is 0 Å². The summed E-state index contributed by atoms with van der Waals surface area (Å²) in [6, 6.07) is 4.76. The van der Waals surface area contributed by atoms with Gasteiger partial charge in [-0.05, 0) is 42.2 Å². The normalized spacial score (nSPS) is 30.2. The topological polar surface area (TPSA) is 26.0 Å². The van der Waals surface area contributed by atoms with E-state index in [-0.39, 0.29) is 16.9 Å². The molecule has 1 aromatic carbocycles. The molecule has 0 heterocycles. The second kappa shape index (κ2) is 5.58. The Hall–Kier alpha value is -0.600. The lowest BCUT2D eigenvalue weighted by molar-refractivity contribution is 0.186. The summed E-state index contributed by atoms with van der Waals surface area (Å²) in [7, 11) is 0. The first-order valence-electron chi connectivity index (χ1n) is 6.70. The van der Waals surface area contributed by atoms with E-state index in [9.17, 15) is 4.39 Å². The molecule has 1 aliphatic carbocycles. The summed E-state index contributed by atoms with van der Waals surface area (Å²) in [5, 5.41) is 0.191. The third kappa shape index (κ3) is 2.70. The molecule has 1 aliphatic rings. The molecule has 0 aliphatic heterocycles. The summed E-state index contributed by atoms with van der Waals surface area (Å²) in [5.41, 5.74) is 7.05. The predicted octanol–water partition coefficient (Wildman–Crippen LogP) is 4.55. The van der Waals surface area contributed by atoms with E-state index in [2.05, 4.69) is 13.8 Å². The lowest BCUT2D eigenvalue weighted by Gasteiger charge is -2.35. The van der Waals surface area contributed by atoms with E-state index in [1.165, 1.54) is 12.5 Å². The molecule has 100 valence electrons. The van der Waals surface area contributed by atoms with Gasteiger partial charge in [0.25, 0.3) is 0 Å². The second-order valence-electron chi connectivity index (χ2n) is 5.70. The molecule has 3 heteroatoms. The monoisotopic (exact) mass is 269 g/mol. The van der Waals surface area contributed by atoms with Gasteiger partial charge in [0.15, 0.2) is 0 Å². The maximum absolute atomic E-state index is 13.5. The summed E-state index contributed by atoms with van der Waals surface area (Å²) in [6.45, 7) is 4.57. The number of halogens is 2. The van der Waals surface area contributed by atoms with Crippen LogP contribution in [0.2, 0.25) is 5.02 Å². The van der Waals surface area contributed by atoms with Crippen molar-refractivity contribution in [2.24, 2.45) is 23.5 Å². The first-order valence-corrected chi connectivity index (χ1v) is 7.08. The molecule has 0 radical (unpaired) electrons. The molecule has 2 rings (SSSR count). The molecule has 4 unspecified atom stereocenters. The minimum absolute atomic E-state index is 0.150. The first-order chi connectivity index (χ1) is 8.50. The minimum Gasteiger partial charge on any atom is -0.324 e. The van der Waals surface area contributed by atoms with E-state index in [1.54, 1.807) is 6.07 Å². The quantitative estimate of drug-likeness (QED) is 0.837. The predicted molar refractivity (Wildman–Crippen MR) is 74.0 cm³/mol. The van der Waals surface area contributed by atoms with E-state index in [0.29, 0.717) is 11.8 Å². The van der Waals surface area contributed by atoms with Crippen molar-refractivity contribution in [1.29, 1.82) is 0 Å². The maximum Gasteiger partial charge on any atom is 0.142 e. The number of benzene rings is 1. The third-order valence-corrected chi connectivity index (χ3v) is 4.89. The summed E-state index contributed by atoms with van der Waals surface area (Å²) in [5.74, 6) is 1.48. The van der Waals surface area contributed by atoms with Crippen LogP contribution in [0, 0.1) is 23.6 Å². The van der Waals surface area contributed by atoms with Gasteiger partial charge in [0.05, 0.1) is 5.02 Å². The molecular formula is C15H21ClFN. The Bertz CT molecular complexity index is 421. The van der Waals surface area contributed by atoms with Gasteiger partial charge in [0.1, 0.15) is 5.82 Å². The molecular weight excluding hydrogens is 249 g/mol. The van der Waals surface area contributed by atoms with Crippen LogP contribution in [-0.2, 0) is 0 Å². The average molecular weight is 270 g/mol. The first kappa shape index (κ1) is 13.8. The molecule has 0 amide bonds. The minimum atomic E-state index is -0.373. The molecule has 18 heavy (non-hydrogen) atoms. The fraction of sp³-hybridized carbons (Fsp3) is 0.600. The van der Waals surface area contributed by atoms with Crippen LogP contribution in [0.3, 0.4) is 0 Å². The van der Waals surface area contributed by atoms with Gasteiger partial charge in [-0.1, -0.05) is 44.0 Å². The van der Waals surface area contributed by atoms with E-state index < -0.39 is 0 Å². The number of nitrogens with two attached hydrogens (primary N) is 1. The highest BCUT2D eigenvalue weighted by molar-refractivity contribution is 6.31.